The largest absolute Gasteiger partial charge is 0.462 e. The van der Waals surface area contributed by atoms with Crippen molar-refractivity contribution in [3.63, 3.8) is 0 Å². The lowest BCUT2D eigenvalue weighted by Gasteiger charge is -2.23. The van der Waals surface area contributed by atoms with E-state index in [1.807, 2.05) is 37.3 Å². The molecule has 0 amide bonds. The van der Waals surface area contributed by atoms with Crippen LogP contribution >= 0.6 is 11.8 Å². The van der Waals surface area contributed by atoms with Crippen molar-refractivity contribution in [2.75, 3.05) is 6.61 Å². The van der Waals surface area contributed by atoms with E-state index in [4.69, 9.17) is 9.47 Å². The molecule has 96 valence electrons. The summed E-state index contributed by atoms with van der Waals surface area (Å²) in [4.78, 5) is 13.3. The summed E-state index contributed by atoms with van der Waals surface area (Å²) in [6.45, 7) is 2.73. The summed E-state index contributed by atoms with van der Waals surface area (Å²) in [6, 6.07) is 10.0. The Morgan fingerprint density at radius 2 is 2.11 bits per heavy atom. The highest BCUT2D eigenvalue weighted by Gasteiger charge is 2.51. The van der Waals surface area contributed by atoms with E-state index in [0.717, 1.165) is 24.3 Å². The van der Waals surface area contributed by atoms with E-state index in [0.29, 0.717) is 0 Å². The molecule has 2 heterocycles. The second kappa shape index (κ2) is 4.59. The second-order valence-electron chi connectivity index (χ2n) is 4.99. The van der Waals surface area contributed by atoms with Gasteiger partial charge in [0.25, 0.3) is 0 Å². The summed E-state index contributed by atoms with van der Waals surface area (Å²) in [5.41, 5.74) is 0. The van der Waals surface area contributed by atoms with Gasteiger partial charge in [0.2, 0.25) is 0 Å². The molecule has 0 aliphatic carbocycles. The molecule has 3 rings (SSSR count). The highest BCUT2D eigenvalue weighted by atomic mass is 32.2. The molecule has 0 spiro atoms. The number of ether oxygens (including phenoxy) is 2. The summed E-state index contributed by atoms with van der Waals surface area (Å²) in [5.74, 6) is -0.0839. The minimum Gasteiger partial charge on any atom is -0.462 e. The summed E-state index contributed by atoms with van der Waals surface area (Å²) in [6.07, 6.45) is 1.77. The van der Waals surface area contributed by atoms with Crippen molar-refractivity contribution in [2.24, 2.45) is 0 Å². The molecule has 0 aromatic heterocycles. The Balaban J connectivity index is 1.83. The number of carbonyl (C=O) groups excluding carboxylic acids is 1. The summed E-state index contributed by atoms with van der Waals surface area (Å²) >= 11 is 1.62. The summed E-state index contributed by atoms with van der Waals surface area (Å²) in [5, 5.41) is 0. The van der Waals surface area contributed by atoms with E-state index in [9.17, 15) is 4.79 Å². The molecule has 2 aliphatic heterocycles. The predicted molar refractivity (Wildman–Crippen MR) is 69.6 cm³/mol. The zero-order valence-corrected chi connectivity index (χ0v) is 11.1. The summed E-state index contributed by atoms with van der Waals surface area (Å²) < 4.78 is 10.2. The first-order chi connectivity index (χ1) is 8.68. The molecule has 2 saturated heterocycles. The maximum Gasteiger partial charge on any atom is 0.323 e. The summed E-state index contributed by atoms with van der Waals surface area (Å²) in [7, 11) is 0. The number of epoxide rings is 1. The maximum atomic E-state index is 12.2. The van der Waals surface area contributed by atoms with Gasteiger partial charge in [-0.05, 0) is 19.1 Å². The number of rotatable bonds is 4. The number of cyclic esters (lactones) is 1. The van der Waals surface area contributed by atoms with Gasteiger partial charge in [-0.3, -0.25) is 4.79 Å². The lowest BCUT2D eigenvalue weighted by Crippen LogP contribution is -2.32. The number of hydrogen-bond donors (Lipinski definition) is 0. The van der Waals surface area contributed by atoms with Gasteiger partial charge >= 0.3 is 5.97 Å². The Labute approximate surface area is 111 Å². The van der Waals surface area contributed by atoms with Gasteiger partial charge in [0.15, 0.2) is 0 Å². The van der Waals surface area contributed by atoms with Crippen molar-refractivity contribution >= 4 is 17.7 Å². The van der Waals surface area contributed by atoms with Crippen molar-refractivity contribution in [3.05, 3.63) is 30.3 Å². The molecule has 1 aromatic carbocycles. The van der Waals surface area contributed by atoms with E-state index >= 15 is 0 Å². The van der Waals surface area contributed by atoms with Crippen LogP contribution in [0.4, 0.5) is 0 Å². The molecule has 18 heavy (non-hydrogen) atoms. The molecule has 0 saturated carbocycles. The second-order valence-corrected chi connectivity index (χ2v) is 6.45. The van der Waals surface area contributed by atoms with Crippen LogP contribution in [0.25, 0.3) is 0 Å². The third kappa shape index (κ3) is 2.40. The van der Waals surface area contributed by atoms with Crippen LogP contribution in [0, 0.1) is 0 Å². The third-order valence-corrected chi connectivity index (χ3v) is 4.71. The first-order valence-electron chi connectivity index (χ1n) is 6.25. The molecule has 4 heteroatoms. The topological polar surface area (TPSA) is 38.8 Å². The number of thioether (sulfide) groups is 1. The van der Waals surface area contributed by atoms with Crippen molar-refractivity contribution in [1.82, 2.24) is 0 Å². The number of esters is 1. The Morgan fingerprint density at radius 3 is 2.67 bits per heavy atom. The van der Waals surface area contributed by atoms with Gasteiger partial charge in [0, 0.05) is 17.7 Å². The molecule has 1 unspecified atom stereocenters. The van der Waals surface area contributed by atoms with Gasteiger partial charge in [-0.2, -0.15) is 0 Å². The Hall–Kier alpha value is -1.00. The molecular formula is C14H16O3S. The molecule has 0 radical (unpaired) electrons. The first-order valence-corrected chi connectivity index (χ1v) is 7.06. The van der Waals surface area contributed by atoms with Crippen LogP contribution in [0.15, 0.2) is 35.2 Å². The third-order valence-electron chi connectivity index (χ3n) is 3.31. The zero-order chi connectivity index (χ0) is 12.6. The van der Waals surface area contributed by atoms with E-state index in [-0.39, 0.29) is 18.2 Å². The van der Waals surface area contributed by atoms with Gasteiger partial charge in [0.05, 0.1) is 12.7 Å². The van der Waals surface area contributed by atoms with Crippen LogP contribution in [-0.2, 0) is 14.3 Å². The van der Waals surface area contributed by atoms with Crippen LogP contribution in [0.1, 0.15) is 19.8 Å². The first kappa shape index (κ1) is 12.1. The average molecular weight is 264 g/mol. The average Bonchev–Trinajstić information content (AvgIpc) is 3.08. The molecular weight excluding hydrogens is 248 g/mol. The van der Waals surface area contributed by atoms with Gasteiger partial charge in [0.1, 0.15) is 10.9 Å². The predicted octanol–water partition coefficient (Wildman–Crippen LogP) is 2.64. The van der Waals surface area contributed by atoms with Crippen molar-refractivity contribution in [2.45, 2.75) is 41.6 Å². The Kier molecular flexibility index (Phi) is 3.08. The molecule has 0 bridgehead atoms. The number of hydrogen-bond acceptors (Lipinski definition) is 4. The van der Waals surface area contributed by atoms with E-state index in [1.165, 1.54) is 0 Å². The smallest absolute Gasteiger partial charge is 0.323 e. The Bertz CT molecular complexity index is 444. The molecule has 2 fully saturated rings. The van der Waals surface area contributed by atoms with Gasteiger partial charge in [-0.15, -0.1) is 11.8 Å². The Morgan fingerprint density at radius 1 is 1.39 bits per heavy atom. The molecule has 0 N–H and O–H groups in total. The standard InChI is InChI=1S/C14H16O3S/c1-10-7-14(13(15)17-10,8-11-9-16-11)18-12-5-3-2-4-6-12/h2-6,10-11H,7-9H2,1H3/t10-,11-,14?/m0/s1. The molecule has 2 aliphatic rings. The fourth-order valence-corrected chi connectivity index (χ4v) is 3.90. The van der Waals surface area contributed by atoms with Crippen LogP contribution < -0.4 is 0 Å². The monoisotopic (exact) mass is 264 g/mol. The minimum atomic E-state index is -0.456. The zero-order valence-electron chi connectivity index (χ0n) is 10.3. The van der Waals surface area contributed by atoms with Crippen LogP contribution in [-0.4, -0.2) is 29.5 Å². The molecule has 3 nitrogen and oxygen atoms in total. The minimum absolute atomic E-state index is 0.00691. The normalized spacial score (nSPS) is 34.4. The van der Waals surface area contributed by atoms with Gasteiger partial charge in [-0.1, -0.05) is 18.2 Å². The van der Waals surface area contributed by atoms with Crippen molar-refractivity contribution in [1.29, 1.82) is 0 Å². The van der Waals surface area contributed by atoms with Crippen molar-refractivity contribution in [3.8, 4) is 0 Å². The fraction of sp³-hybridized carbons (Fsp3) is 0.500. The quantitative estimate of drug-likeness (QED) is 0.619. The lowest BCUT2D eigenvalue weighted by molar-refractivity contribution is -0.142. The van der Waals surface area contributed by atoms with E-state index < -0.39 is 4.75 Å². The molecule has 1 aromatic rings. The highest BCUT2D eigenvalue weighted by molar-refractivity contribution is 8.01. The maximum absolute atomic E-state index is 12.2. The van der Waals surface area contributed by atoms with E-state index in [1.54, 1.807) is 11.8 Å². The van der Waals surface area contributed by atoms with Gasteiger partial charge < -0.3 is 9.47 Å². The fourth-order valence-electron chi connectivity index (χ4n) is 2.44. The SMILES string of the molecule is C[C@H]1CC(C[C@H]2CO2)(Sc2ccccc2)C(=O)O1. The van der Waals surface area contributed by atoms with Gasteiger partial charge in [-0.25, -0.2) is 0 Å². The van der Waals surface area contributed by atoms with Crippen LogP contribution in [0.2, 0.25) is 0 Å². The van der Waals surface area contributed by atoms with Crippen molar-refractivity contribution < 1.29 is 14.3 Å². The number of benzene rings is 1. The van der Waals surface area contributed by atoms with Crippen LogP contribution in [0.3, 0.4) is 0 Å². The lowest BCUT2D eigenvalue weighted by atomic mass is 9.98. The number of carbonyl (C=O) groups is 1. The van der Waals surface area contributed by atoms with Crippen LogP contribution in [0.5, 0.6) is 0 Å². The van der Waals surface area contributed by atoms with E-state index in [2.05, 4.69) is 0 Å². The molecule has 3 atom stereocenters. The highest BCUT2D eigenvalue weighted by Crippen LogP contribution is 2.47.